The van der Waals surface area contributed by atoms with Gasteiger partial charge in [-0.1, -0.05) is 6.07 Å². The number of nitrogen functional groups attached to an aromatic ring is 1. The summed E-state index contributed by atoms with van der Waals surface area (Å²) in [6, 6.07) is 8.22. The highest BCUT2D eigenvalue weighted by atomic mass is 15.3. The zero-order valence-electron chi connectivity index (χ0n) is 9.11. The molecule has 1 saturated heterocycles. The molecular formula is C11H18N4. The van der Waals surface area contributed by atoms with Crippen LogP contribution in [0.4, 0.5) is 11.4 Å². The number of hydrazine groups is 1. The highest BCUT2D eigenvalue weighted by molar-refractivity contribution is 5.57. The molecule has 1 heterocycles. The van der Waals surface area contributed by atoms with Crippen LogP contribution in [0.3, 0.4) is 0 Å². The van der Waals surface area contributed by atoms with E-state index in [1.165, 1.54) is 5.69 Å². The lowest BCUT2D eigenvalue weighted by molar-refractivity contribution is 0.313. The Morgan fingerprint density at radius 2 is 1.93 bits per heavy atom. The monoisotopic (exact) mass is 206 g/mol. The van der Waals surface area contributed by atoms with Crippen molar-refractivity contribution in [2.45, 2.75) is 0 Å². The lowest BCUT2D eigenvalue weighted by Gasteiger charge is -2.34. The molecule has 0 bridgehead atoms. The molecule has 0 spiro atoms. The zero-order chi connectivity index (χ0) is 10.7. The highest BCUT2D eigenvalue weighted by Crippen LogP contribution is 2.19. The fraction of sp³-hybridized carbons (Fsp3) is 0.455. The van der Waals surface area contributed by atoms with Crippen molar-refractivity contribution >= 4 is 11.4 Å². The van der Waals surface area contributed by atoms with E-state index in [-0.39, 0.29) is 0 Å². The number of nitrogens with zero attached hydrogens (tertiary/aromatic N) is 2. The van der Waals surface area contributed by atoms with Gasteiger partial charge in [-0.25, -0.2) is 0 Å². The SMILES string of the molecule is CN1CCN(c2cccc(NN)c2)CC1. The molecule has 0 aromatic heterocycles. The van der Waals surface area contributed by atoms with Crippen molar-refractivity contribution in [3.05, 3.63) is 24.3 Å². The number of likely N-dealkylation sites (N-methyl/N-ethyl adjacent to an activating group) is 1. The van der Waals surface area contributed by atoms with Crippen LogP contribution in [-0.4, -0.2) is 38.1 Å². The number of rotatable bonds is 2. The molecule has 4 nitrogen and oxygen atoms in total. The van der Waals surface area contributed by atoms with Gasteiger partial charge in [-0.15, -0.1) is 0 Å². The van der Waals surface area contributed by atoms with Gasteiger partial charge in [-0.3, -0.25) is 5.84 Å². The van der Waals surface area contributed by atoms with E-state index in [9.17, 15) is 0 Å². The Hall–Kier alpha value is -1.26. The second-order valence-electron chi connectivity index (χ2n) is 3.98. The number of hydrogen-bond donors (Lipinski definition) is 2. The van der Waals surface area contributed by atoms with Crippen molar-refractivity contribution < 1.29 is 0 Å². The molecular weight excluding hydrogens is 188 g/mol. The van der Waals surface area contributed by atoms with Gasteiger partial charge in [0.1, 0.15) is 0 Å². The van der Waals surface area contributed by atoms with Crippen molar-refractivity contribution in [1.29, 1.82) is 0 Å². The van der Waals surface area contributed by atoms with Crippen LogP contribution in [-0.2, 0) is 0 Å². The number of benzene rings is 1. The Balaban J connectivity index is 2.08. The molecule has 0 radical (unpaired) electrons. The second kappa shape index (κ2) is 4.51. The number of anilines is 2. The molecule has 2 rings (SSSR count). The summed E-state index contributed by atoms with van der Waals surface area (Å²) in [6.45, 7) is 4.43. The topological polar surface area (TPSA) is 44.5 Å². The summed E-state index contributed by atoms with van der Waals surface area (Å²) < 4.78 is 0. The maximum atomic E-state index is 5.39. The molecule has 0 saturated carbocycles. The molecule has 82 valence electrons. The molecule has 1 aliphatic rings. The van der Waals surface area contributed by atoms with Crippen LogP contribution in [0, 0.1) is 0 Å². The Labute approximate surface area is 90.6 Å². The van der Waals surface area contributed by atoms with Crippen LogP contribution < -0.4 is 16.2 Å². The molecule has 0 aliphatic carbocycles. The summed E-state index contributed by atoms with van der Waals surface area (Å²) in [5.41, 5.74) is 4.89. The largest absolute Gasteiger partial charge is 0.369 e. The molecule has 0 amide bonds. The summed E-state index contributed by atoms with van der Waals surface area (Å²) in [5, 5.41) is 0. The summed E-state index contributed by atoms with van der Waals surface area (Å²) in [5.74, 6) is 5.39. The van der Waals surface area contributed by atoms with E-state index < -0.39 is 0 Å². The van der Waals surface area contributed by atoms with E-state index in [0.29, 0.717) is 0 Å². The minimum Gasteiger partial charge on any atom is -0.369 e. The van der Waals surface area contributed by atoms with Crippen LogP contribution in [0.2, 0.25) is 0 Å². The Morgan fingerprint density at radius 3 is 2.60 bits per heavy atom. The van der Waals surface area contributed by atoms with Crippen LogP contribution >= 0.6 is 0 Å². The first-order chi connectivity index (χ1) is 7.29. The molecule has 0 unspecified atom stereocenters. The molecule has 4 heteroatoms. The Morgan fingerprint density at radius 1 is 1.20 bits per heavy atom. The summed E-state index contributed by atoms with van der Waals surface area (Å²) in [6.07, 6.45) is 0. The zero-order valence-corrected chi connectivity index (χ0v) is 9.11. The first-order valence-electron chi connectivity index (χ1n) is 5.30. The molecule has 1 aliphatic heterocycles. The summed E-state index contributed by atoms with van der Waals surface area (Å²) in [4.78, 5) is 4.74. The average molecular weight is 206 g/mol. The van der Waals surface area contributed by atoms with Gasteiger partial charge < -0.3 is 15.2 Å². The Bertz CT molecular complexity index is 318. The second-order valence-corrected chi connectivity index (χ2v) is 3.98. The summed E-state index contributed by atoms with van der Waals surface area (Å²) in [7, 11) is 2.16. The number of piperazine rings is 1. The third-order valence-corrected chi connectivity index (χ3v) is 2.88. The van der Waals surface area contributed by atoms with E-state index >= 15 is 0 Å². The lowest BCUT2D eigenvalue weighted by Crippen LogP contribution is -2.44. The minimum atomic E-state index is 0.964. The van der Waals surface area contributed by atoms with Crippen LogP contribution in [0.5, 0.6) is 0 Å². The molecule has 15 heavy (non-hydrogen) atoms. The van der Waals surface area contributed by atoms with Crippen molar-refractivity contribution in [3.8, 4) is 0 Å². The Kier molecular flexibility index (Phi) is 3.08. The van der Waals surface area contributed by atoms with Crippen molar-refractivity contribution in [2.75, 3.05) is 43.6 Å². The molecule has 1 aromatic rings. The van der Waals surface area contributed by atoms with Gasteiger partial charge in [0.25, 0.3) is 0 Å². The first-order valence-corrected chi connectivity index (χ1v) is 5.30. The maximum Gasteiger partial charge on any atom is 0.0505 e. The quantitative estimate of drug-likeness (QED) is 0.553. The van der Waals surface area contributed by atoms with Gasteiger partial charge in [-0.2, -0.15) is 0 Å². The molecule has 1 fully saturated rings. The minimum absolute atomic E-state index is 0.964. The predicted octanol–water partition coefficient (Wildman–Crippen LogP) is 0.724. The van der Waals surface area contributed by atoms with Crippen LogP contribution in [0.1, 0.15) is 0 Å². The van der Waals surface area contributed by atoms with Gasteiger partial charge in [0, 0.05) is 31.9 Å². The predicted molar refractivity (Wildman–Crippen MR) is 64.0 cm³/mol. The van der Waals surface area contributed by atoms with Gasteiger partial charge >= 0.3 is 0 Å². The van der Waals surface area contributed by atoms with Gasteiger partial charge in [-0.05, 0) is 25.2 Å². The van der Waals surface area contributed by atoms with Crippen molar-refractivity contribution in [2.24, 2.45) is 5.84 Å². The number of hydrogen-bond acceptors (Lipinski definition) is 4. The van der Waals surface area contributed by atoms with Crippen LogP contribution in [0.15, 0.2) is 24.3 Å². The maximum absolute atomic E-state index is 5.39. The van der Waals surface area contributed by atoms with Gasteiger partial charge in [0.15, 0.2) is 0 Å². The molecule has 3 N–H and O–H groups in total. The normalized spacial score (nSPS) is 17.9. The van der Waals surface area contributed by atoms with Crippen LogP contribution in [0.25, 0.3) is 0 Å². The van der Waals surface area contributed by atoms with E-state index in [1.807, 2.05) is 12.1 Å². The van der Waals surface area contributed by atoms with Crippen molar-refractivity contribution in [1.82, 2.24) is 4.90 Å². The lowest BCUT2D eigenvalue weighted by atomic mass is 10.2. The van der Waals surface area contributed by atoms with E-state index in [0.717, 1.165) is 31.9 Å². The van der Waals surface area contributed by atoms with E-state index in [4.69, 9.17) is 5.84 Å². The average Bonchev–Trinajstić information content (AvgIpc) is 2.30. The first kappa shape index (κ1) is 10.3. The van der Waals surface area contributed by atoms with Gasteiger partial charge in [0.2, 0.25) is 0 Å². The third-order valence-electron chi connectivity index (χ3n) is 2.88. The van der Waals surface area contributed by atoms with E-state index in [2.05, 4.69) is 34.4 Å². The highest BCUT2D eigenvalue weighted by Gasteiger charge is 2.13. The van der Waals surface area contributed by atoms with Gasteiger partial charge in [0.05, 0.1) is 5.69 Å². The standard InChI is InChI=1S/C11H18N4/c1-14-5-7-15(8-6-14)11-4-2-3-10(9-11)13-12/h2-4,9,13H,5-8,12H2,1H3. The fourth-order valence-corrected chi connectivity index (χ4v) is 1.86. The third kappa shape index (κ3) is 2.40. The van der Waals surface area contributed by atoms with Crippen molar-refractivity contribution in [3.63, 3.8) is 0 Å². The smallest absolute Gasteiger partial charge is 0.0505 e. The fourth-order valence-electron chi connectivity index (χ4n) is 1.86. The summed E-state index contributed by atoms with van der Waals surface area (Å²) >= 11 is 0. The number of nitrogens with one attached hydrogen (secondary N) is 1. The molecule has 0 atom stereocenters. The molecule has 1 aromatic carbocycles. The van der Waals surface area contributed by atoms with E-state index in [1.54, 1.807) is 0 Å². The number of nitrogens with two attached hydrogens (primary N) is 1.